The van der Waals surface area contributed by atoms with Gasteiger partial charge in [0.25, 0.3) is 0 Å². The summed E-state index contributed by atoms with van der Waals surface area (Å²) in [7, 11) is -3.79. The molecule has 7 heteroatoms. The van der Waals surface area contributed by atoms with Gasteiger partial charge in [0.1, 0.15) is 4.90 Å². The van der Waals surface area contributed by atoms with Gasteiger partial charge in [-0.1, -0.05) is 13.8 Å². The Hall–Kier alpha value is -1.60. The van der Waals surface area contributed by atoms with Crippen LogP contribution in [0, 0.1) is 0 Å². The molecule has 0 bridgehead atoms. The zero-order valence-corrected chi connectivity index (χ0v) is 14.2. The number of anilines is 1. The molecule has 0 amide bonds. The average Bonchev–Trinajstić information content (AvgIpc) is 2.46. The van der Waals surface area contributed by atoms with Gasteiger partial charge in [0.2, 0.25) is 10.0 Å². The molecule has 22 heavy (non-hydrogen) atoms. The van der Waals surface area contributed by atoms with Crippen LogP contribution in [0.25, 0.3) is 0 Å². The van der Waals surface area contributed by atoms with E-state index in [1.807, 2.05) is 20.8 Å². The number of carbonyl (C=O) groups is 1. The Morgan fingerprint density at radius 2 is 1.77 bits per heavy atom. The van der Waals surface area contributed by atoms with Crippen molar-refractivity contribution >= 4 is 21.7 Å². The van der Waals surface area contributed by atoms with E-state index >= 15 is 0 Å². The molecule has 0 spiro atoms. The second-order valence-electron chi connectivity index (χ2n) is 5.40. The van der Waals surface area contributed by atoms with Crippen LogP contribution in [0.15, 0.2) is 23.1 Å². The second kappa shape index (κ2) is 7.60. The molecule has 1 aromatic rings. The highest BCUT2D eigenvalue weighted by Crippen LogP contribution is 2.24. The van der Waals surface area contributed by atoms with Crippen molar-refractivity contribution in [2.45, 2.75) is 57.5 Å². The van der Waals surface area contributed by atoms with Crippen LogP contribution in [0.1, 0.15) is 50.9 Å². The monoisotopic (exact) mass is 328 g/mol. The van der Waals surface area contributed by atoms with E-state index < -0.39 is 16.0 Å². The molecular weight excluding hydrogens is 304 g/mol. The first kappa shape index (κ1) is 18.4. The Bertz CT molecular complexity index is 628. The maximum absolute atomic E-state index is 12.5. The Morgan fingerprint density at radius 3 is 2.27 bits per heavy atom. The van der Waals surface area contributed by atoms with Crippen molar-refractivity contribution in [1.29, 1.82) is 0 Å². The third kappa shape index (κ3) is 4.71. The largest absolute Gasteiger partial charge is 0.478 e. The molecule has 0 unspecified atom stereocenters. The molecule has 2 atom stereocenters. The number of benzene rings is 1. The average molecular weight is 328 g/mol. The highest BCUT2D eigenvalue weighted by atomic mass is 32.2. The van der Waals surface area contributed by atoms with Crippen LogP contribution in [0.4, 0.5) is 5.69 Å². The van der Waals surface area contributed by atoms with Gasteiger partial charge in [0.15, 0.2) is 0 Å². The number of hydrogen-bond donors (Lipinski definition) is 3. The van der Waals surface area contributed by atoms with Crippen molar-refractivity contribution in [2.24, 2.45) is 0 Å². The number of sulfonamides is 1. The molecule has 0 aliphatic heterocycles. The predicted octanol–water partition coefficient (Wildman–Crippen LogP) is 2.67. The standard InChI is InChI=1S/C15H24N2O4S/c1-5-10(3)16-13-8-7-12(15(18)19)9-14(13)22(20,21)17-11(4)6-2/h7-11,16-17H,5-6H2,1-4H3,(H,18,19)/t10-,11-/m0/s1. The first-order valence-corrected chi connectivity index (χ1v) is 8.85. The van der Waals surface area contributed by atoms with Crippen LogP contribution < -0.4 is 10.0 Å². The van der Waals surface area contributed by atoms with Crippen molar-refractivity contribution in [3.63, 3.8) is 0 Å². The molecule has 1 rings (SSSR count). The Morgan fingerprint density at radius 1 is 1.18 bits per heavy atom. The zero-order valence-electron chi connectivity index (χ0n) is 13.4. The SMILES string of the molecule is CC[C@H](C)Nc1ccc(C(=O)O)cc1S(=O)(=O)N[C@@H](C)CC. The van der Waals surface area contributed by atoms with E-state index in [4.69, 9.17) is 5.11 Å². The van der Waals surface area contributed by atoms with E-state index in [1.54, 1.807) is 6.92 Å². The fourth-order valence-electron chi connectivity index (χ4n) is 1.78. The zero-order chi connectivity index (χ0) is 16.9. The summed E-state index contributed by atoms with van der Waals surface area (Å²) in [5, 5.41) is 12.2. The molecule has 0 fully saturated rings. The summed E-state index contributed by atoms with van der Waals surface area (Å²) in [5.74, 6) is -1.16. The van der Waals surface area contributed by atoms with Crippen LogP contribution in [0.2, 0.25) is 0 Å². The molecule has 0 heterocycles. The minimum absolute atomic E-state index is 0.0343. The summed E-state index contributed by atoms with van der Waals surface area (Å²) < 4.78 is 27.6. The third-order valence-electron chi connectivity index (χ3n) is 3.50. The first-order chi connectivity index (χ1) is 10.2. The molecule has 0 saturated carbocycles. The minimum Gasteiger partial charge on any atom is -0.478 e. The molecule has 0 radical (unpaired) electrons. The van der Waals surface area contributed by atoms with E-state index in [0.717, 1.165) is 6.42 Å². The maximum Gasteiger partial charge on any atom is 0.335 e. The molecule has 124 valence electrons. The van der Waals surface area contributed by atoms with Crippen molar-refractivity contribution in [3.8, 4) is 0 Å². The van der Waals surface area contributed by atoms with Gasteiger partial charge >= 0.3 is 5.97 Å². The van der Waals surface area contributed by atoms with E-state index in [9.17, 15) is 13.2 Å². The number of carboxylic acid groups (broad SMARTS) is 1. The molecule has 3 N–H and O–H groups in total. The second-order valence-corrected chi connectivity index (χ2v) is 7.08. The van der Waals surface area contributed by atoms with Crippen LogP contribution >= 0.6 is 0 Å². The minimum atomic E-state index is -3.79. The van der Waals surface area contributed by atoms with Gasteiger partial charge in [-0.2, -0.15) is 0 Å². The summed E-state index contributed by atoms with van der Waals surface area (Å²) in [5.41, 5.74) is 0.356. The predicted molar refractivity (Wildman–Crippen MR) is 86.9 cm³/mol. The molecule has 0 aliphatic carbocycles. The van der Waals surface area contributed by atoms with Crippen molar-refractivity contribution < 1.29 is 18.3 Å². The Balaban J connectivity index is 3.33. The fourth-order valence-corrected chi connectivity index (χ4v) is 3.30. The molecular formula is C15H24N2O4S. The summed E-state index contributed by atoms with van der Waals surface area (Å²) in [4.78, 5) is 11.1. The number of hydrogen-bond acceptors (Lipinski definition) is 4. The van der Waals surface area contributed by atoms with Crippen LogP contribution in [0.5, 0.6) is 0 Å². The molecule has 0 saturated heterocycles. The Kier molecular flexibility index (Phi) is 6.37. The maximum atomic E-state index is 12.5. The van der Waals surface area contributed by atoms with Crippen molar-refractivity contribution in [1.82, 2.24) is 4.72 Å². The number of aromatic carboxylic acids is 1. The van der Waals surface area contributed by atoms with Gasteiger partial charge in [-0.25, -0.2) is 17.9 Å². The molecule has 1 aromatic carbocycles. The Labute approximate surface area is 132 Å². The molecule has 6 nitrogen and oxygen atoms in total. The lowest BCUT2D eigenvalue weighted by atomic mass is 10.2. The summed E-state index contributed by atoms with van der Waals surface area (Å²) in [6.45, 7) is 7.55. The normalized spacial score (nSPS) is 14.4. The third-order valence-corrected chi connectivity index (χ3v) is 5.13. The van der Waals surface area contributed by atoms with Crippen LogP contribution in [-0.2, 0) is 10.0 Å². The van der Waals surface area contributed by atoms with E-state index in [2.05, 4.69) is 10.0 Å². The first-order valence-electron chi connectivity index (χ1n) is 7.37. The topological polar surface area (TPSA) is 95.5 Å². The molecule has 0 aliphatic rings. The summed E-state index contributed by atoms with van der Waals surface area (Å²) in [6, 6.07) is 3.94. The van der Waals surface area contributed by atoms with E-state index in [0.29, 0.717) is 12.1 Å². The summed E-state index contributed by atoms with van der Waals surface area (Å²) in [6.07, 6.45) is 1.46. The number of nitrogens with one attached hydrogen (secondary N) is 2. The molecule has 0 aromatic heterocycles. The van der Waals surface area contributed by atoms with Crippen molar-refractivity contribution in [3.05, 3.63) is 23.8 Å². The highest BCUT2D eigenvalue weighted by Gasteiger charge is 2.22. The van der Waals surface area contributed by atoms with Crippen LogP contribution in [-0.4, -0.2) is 31.6 Å². The lowest BCUT2D eigenvalue weighted by Crippen LogP contribution is -2.33. The fraction of sp³-hybridized carbons (Fsp3) is 0.533. The van der Waals surface area contributed by atoms with E-state index in [-0.39, 0.29) is 22.5 Å². The number of rotatable bonds is 8. The quantitative estimate of drug-likeness (QED) is 0.682. The lowest BCUT2D eigenvalue weighted by Gasteiger charge is -2.19. The van der Waals surface area contributed by atoms with Crippen LogP contribution in [0.3, 0.4) is 0 Å². The van der Waals surface area contributed by atoms with E-state index in [1.165, 1.54) is 18.2 Å². The smallest absolute Gasteiger partial charge is 0.335 e. The number of carboxylic acids is 1. The van der Waals surface area contributed by atoms with Gasteiger partial charge in [0, 0.05) is 12.1 Å². The summed E-state index contributed by atoms with van der Waals surface area (Å²) >= 11 is 0. The van der Waals surface area contributed by atoms with Gasteiger partial charge < -0.3 is 10.4 Å². The van der Waals surface area contributed by atoms with Gasteiger partial charge in [-0.15, -0.1) is 0 Å². The van der Waals surface area contributed by atoms with Gasteiger partial charge in [-0.3, -0.25) is 0 Å². The highest BCUT2D eigenvalue weighted by molar-refractivity contribution is 7.89. The lowest BCUT2D eigenvalue weighted by molar-refractivity contribution is 0.0696. The van der Waals surface area contributed by atoms with Gasteiger partial charge in [-0.05, 0) is 44.9 Å². The van der Waals surface area contributed by atoms with Crippen molar-refractivity contribution in [2.75, 3.05) is 5.32 Å². The van der Waals surface area contributed by atoms with Gasteiger partial charge in [0.05, 0.1) is 11.3 Å².